The monoisotopic (exact) mass is 298 g/mol. The van der Waals surface area contributed by atoms with E-state index in [0.717, 1.165) is 61.7 Å². The lowest BCUT2D eigenvalue weighted by Gasteiger charge is -2.37. The average Bonchev–Trinajstić information content (AvgIpc) is 2.54. The Bertz CT molecular complexity index is 777. The zero-order chi connectivity index (χ0) is 15.1. The van der Waals surface area contributed by atoms with Gasteiger partial charge in [0, 0.05) is 35.8 Å². The standard InChI is InChI=1S/C18H22N2O2/c19-7-1-4-12-11-16(21)22-18-14-6-3-9-20-8-2-5-13(17(14)20)10-15(12)18/h10-11H,1-9,19H2. The second-order valence-electron chi connectivity index (χ2n) is 6.42. The van der Waals surface area contributed by atoms with Gasteiger partial charge in [-0.25, -0.2) is 4.79 Å². The highest BCUT2D eigenvalue weighted by Gasteiger charge is 2.27. The third-order valence-corrected chi connectivity index (χ3v) is 4.96. The number of nitrogens with zero attached hydrogens (tertiary/aromatic N) is 1. The second kappa shape index (κ2) is 5.43. The Morgan fingerprint density at radius 3 is 2.82 bits per heavy atom. The molecule has 0 spiro atoms. The van der Waals surface area contributed by atoms with Crippen molar-refractivity contribution in [1.29, 1.82) is 0 Å². The number of rotatable bonds is 3. The van der Waals surface area contributed by atoms with E-state index in [4.69, 9.17) is 10.2 Å². The van der Waals surface area contributed by atoms with Gasteiger partial charge in [0.15, 0.2) is 0 Å². The second-order valence-corrected chi connectivity index (χ2v) is 6.42. The summed E-state index contributed by atoms with van der Waals surface area (Å²) in [7, 11) is 0. The van der Waals surface area contributed by atoms with Crippen LogP contribution < -0.4 is 16.3 Å². The van der Waals surface area contributed by atoms with Gasteiger partial charge >= 0.3 is 5.63 Å². The van der Waals surface area contributed by atoms with Crippen molar-refractivity contribution in [3.05, 3.63) is 39.2 Å². The lowest BCUT2D eigenvalue weighted by atomic mass is 9.88. The fourth-order valence-corrected chi connectivity index (χ4v) is 4.04. The zero-order valence-electron chi connectivity index (χ0n) is 12.9. The maximum Gasteiger partial charge on any atom is 0.336 e. The zero-order valence-corrected chi connectivity index (χ0v) is 12.9. The summed E-state index contributed by atoms with van der Waals surface area (Å²) in [4.78, 5) is 14.5. The van der Waals surface area contributed by atoms with Crippen molar-refractivity contribution in [2.75, 3.05) is 24.5 Å². The summed E-state index contributed by atoms with van der Waals surface area (Å²) >= 11 is 0. The largest absolute Gasteiger partial charge is 0.422 e. The fourth-order valence-electron chi connectivity index (χ4n) is 4.04. The molecule has 116 valence electrons. The van der Waals surface area contributed by atoms with E-state index in [1.54, 1.807) is 6.07 Å². The third kappa shape index (κ3) is 2.13. The number of benzene rings is 1. The topological polar surface area (TPSA) is 59.5 Å². The predicted molar refractivity (Wildman–Crippen MR) is 88.7 cm³/mol. The number of aryl methyl sites for hydroxylation is 3. The molecule has 3 heterocycles. The maximum atomic E-state index is 12.0. The predicted octanol–water partition coefficient (Wildman–Crippen LogP) is 2.38. The molecule has 2 aliphatic rings. The van der Waals surface area contributed by atoms with Gasteiger partial charge in [-0.1, -0.05) is 0 Å². The fraction of sp³-hybridized carbons (Fsp3) is 0.500. The molecule has 0 aliphatic carbocycles. The Morgan fingerprint density at radius 1 is 1.18 bits per heavy atom. The van der Waals surface area contributed by atoms with E-state index >= 15 is 0 Å². The van der Waals surface area contributed by atoms with E-state index in [1.165, 1.54) is 23.2 Å². The SMILES string of the molecule is NCCCc1cc(=O)oc2c3c4c(cc12)CCCN4CCC3. The Kier molecular flexibility index (Phi) is 3.41. The third-order valence-electron chi connectivity index (χ3n) is 4.96. The summed E-state index contributed by atoms with van der Waals surface area (Å²) in [5.41, 5.74) is 11.4. The first-order valence-electron chi connectivity index (χ1n) is 8.34. The van der Waals surface area contributed by atoms with Crippen LogP contribution in [-0.2, 0) is 19.3 Å². The number of hydrogen-bond donors (Lipinski definition) is 1. The van der Waals surface area contributed by atoms with Gasteiger partial charge in [-0.05, 0) is 62.3 Å². The van der Waals surface area contributed by atoms with Gasteiger partial charge in [-0.15, -0.1) is 0 Å². The summed E-state index contributed by atoms with van der Waals surface area (Å²) < 4.78 is 5.64. The first kappa shape index (κ1) is 13.8. The number of anilines is 1. The van der Waals surface area contributed by atoms with Crippen molar-refractivity contribution in [3.63, 3.8) is 0 Å². The molecule has 2 N–H and O–H groups in total. The molecular weight excluding hydrogens is 276 g/mol. The molecule has 2 aromatic rings. The summed E-state index contributed by atoms with van der Waals surface area (Å²) in [5.74, 6) is 0. The van der Waals surface area contributed by atoms with Crippen molar-refractivity contribution in [1.82, 2.24) is 0 Å². The molecule has 1 aromatic carbocycles. The van der Waals surface area contributed by atoms with Crippen LogP contribution in [-0.4, -0.2) is 19.6 Å². The van der Waals surface area contributed by atoms with Crippen LogP contribution >= 0.6 is 0 Å². The lowest BCUT2D eigenvalue weighted by molar-refractivity contribution is 0.547. The van der Waals surface area contributed by atoms with E-state index in [-0.39, 0.29) is 5.63 Å². The van der Waals surface area contributed by atoms with Crippen molar-refractivity contribution in [2.24, 2.45) is 5.73 Å². The van der Waals surface area contributed by atoms with Gasteiger partial charge in [-0.2, -0.15) is 0 Å². The first-order valence-corrected chi connectivity index (χ1v) is 8.34. The number of hydrogen-bond acceptors (Lipinski definition) is 4. The minimum Gasteiger partial charge on any atom is -0.422 e. The Hall–Kier alpha value is -1.81. The summed E-state index contributed by atoms with van der Waals surface area (Å²) in [6.07, 6.45) is 6.25. The van der Waals surface area contributed by atoms with Gasteiger partial charge in [0.25, 0.3) is 0 Å². The molecule has 0 amide bonds. The molecule has 4 heteroatoms. The summed E-state index contributed by atoms with van der Waals surface area (Å²) in [6, 6.07) is 3.92. The highest BCUT2D eigenvalue weighted by molar-refractivity contribution is 5.90. The minimum absolute atomic E-state index is 0.233. The van der Waals surface area contributed by atoms with Gasteiger partial charge in [-0.3, -0.25) is 0 Å². The van der Waals surface area contributed by atoms with Gasteiger partial charge in [0.05, 0.1) is 0 Å². The molecular formula is C18H22N2O2. The van der Waals surface area contributed by atoms with Crippen LogP contribution in [0.3, 0.4) is 0 Å². The van der Waals surface area contributed by atoms with Gasteiger partial charge in [0.1, 0.15) is 5.58 Å². The summed E-state index contributed by atoms with van der Waals surface area (Å²) in [6.45, 7) is 2.90. The molecule has 1 aromatic heterocycles. The van der Waals surface area contributed by atoms with Crippen molar-refractivity contribution in [3.8, 4) is 0 Å². The summed E-state index contributed by atoms with van der Waals surface area (Å²) in [5, 5.41) is 1.13. The van der Waals surface area contributed by atoms with E-state index in [1.807, 2.05) is 0 Å². The maximum absolute atomic E-state index is 12.0. The first-order chi connectivity index (χ1) is 10.8. The van der Waals surface area contributed by atoms with Gasteiger partial charge < -0.3 is 15.1 Å². The van der Waals surface area contributed by atoms with Crippen LogP contribution in [0.25, 0.3) is 11.0 Å². The molecule has 0 bridgehead atoms. The van der Waals surface area contributed by atoms with Crippen molar-refractivity contribution >= 4 is 16.7 Å². The molecule has 0 saturated carbocycles. The van der Waals surface area contributed by atoms with E-state index < -0.39 is 0 Å². The highest BCUT2D eigenvalue weighted by atomic mass is 16.4. The van der Waals surface area contributed by atoms with Crippen LogP contribution in [0.4, 0.5) is 5.69 Å². The molecule has 22 heavy (non-hydrogen) atoms. The van der Waals surface area contributed by atoms with E-state index in [2.05, 4.69) is 11.0 Å². The number of nitrogens with two attached hydrogens (primary N) is 1. The minimum atomic E-state index is -0.233. The molecule has 0 radical (unpaired) electrons. The van der Waals surface area contributed by atoms with Crippen LogP contribution in [0.15, 0.2) is 21.3 Å². The molecule has 4 nitrogen and oxygen atoms in total. The molecule has 0 fully saturated rings. The molecule has 2 aliphatic heterocycles. The van der Waals surface area contributed by atoms with Gasteiger partial charge in [0.2, 0.25) is 0 Å². The molecule has 0 unspecified atom stereocenters. The Balaban J connectivity index is 1.99. The molecule has 0 atom stereocenters. The van der Waals surface area contributed by atoms with Crippen LogP contribution in [0.5, 0.6) is 0 Å². The molecule has 4 rings (SSSR count). The van der Waals surface area contributed by atoms with Crippen molar-refractivity contribution < 1.29 is 4.42 Å². The molecule has 0 saturated heterocycles. The van der Waals surface area contributed by atoms with E-state index in [0.29, 0.717) is 6.54 Å². The quantitative estimate of drug-likeness (QED) is 0.884. The number of fused-ring (bicyclic) bond motifs is 2. The van der Waals surface area contributed by atoms with Crippen LogP contribution in [0.2, 0.25) is 0 Å². The normalized spacial score (nSPS) is 16.9. The van der Waals surface area contributed by atoms with E-state index in [9.17, 15) is 4.79 Å². The smallest absolute Gasteiger partial charge is 0.336 e. The Labute approximate surface area is 129 Å². The Morgan fingerprint density at radius 2 is 2.00 bits per heavy atom. The lowest BCUT2D eigenvalue weighted by Crippen LogP contribution is -2.34. The van der Waals surface area contributed by atoms with Crippen LogP contribution in [0.1, 0.15) is 36.0 Å². The average molecular weight is 298 g/mol. The highest BCUT2D eigenvalue weighted by Crippen LogP contribution is 2.40. The van der Waals surface area contributed by atoms with Crippen molar-refractivity contribution in [2.45, 2.75) is 38.5 Å². The van der Waals surface area contributed by atoms with Crippen LogP contribution in [0, 0.1) is 0 Å².